The van der Waals surface area contributed by atoms with E-state index in [2.05, 4.69) is 4.99 Å². The van der Waals surface area contributed by atoms with Gasteiger partial charge in [0.2, 0.25) is 5.17 Å². The molecule has 10 heteroatoms. The highest BCUT2D eigenvalue weighted by atomic mass is 35.5. The highest BCUT2D eigenvalue weighted by Crippen LogP contribution is 2.36. The fourth-order valence-electron chi connectivity index (χ4n) is 1.02. The molecule has 0 unspecified atom stereocenters. The molecular weight excluding hydrogens is 351 g/mol. The first-order valence-corrected chi connectivity index (χ1v) is 6.53. The van der Waals surface area contributed by atoms with Crippen molar-refractivity contribution in [2.24, 2.45) is 4.99 Å². The zero-order valence-corrected chi connectivity index (χ0v) is 11.6. The average Bonchev–Trinajstić information content (AvgIpc) is 2.27. The molecule has 1 nitrogen and oxygen atoms in total. The maximum absolute atomic E-state index is 12.2. The predicted octanol–water partition coefficient (Wildman–Crippen LogP) is 5.83. The van der Waals surface area contributed by atoms with Crippen LogP contribution in [0.15, 0.2) is 28.1 Å². The number of rotatable bonds is 3. The summed E-state index contributed by atoms with van der Waals surface area (Å²) >= 11 is 10.8. The molecule has 1 rings (SSSR count). The smallest absolute Gasteiger partial charge is 0.231 e. The van der Waals surface area contributed by atoms with Crippen molar-refractivity contribution in [1.82, 2.24) is 0 Å². The molecule has 0 N–H and O–H groups in total. The summed E-state index contributed by atoms with van der Waals surface area (Å²) in [5.41, 5.74) is -0.328. The number of alkyl halides is 6. The number of nitrogens with zero attached hydrogens (tertiary/aromatic N) is 1. The van der Waals surface area contributed by atoms with Crippen molar-refractivity contribution < 1.29 is 26.3 Å². The summed E-state index contributed by atoms with van der Waals surface area (Å²) in [6.45, 7) is 0. The zero-order valence-electron chi connectivity index (χ0n) is 9.32. The summed E-state index contributed by atoms with van der Waals surface area (Å²) in [5, 5.41) is -1.59. The molecule has 112 valence electrons. The molecule has 0 aliphatic carbocycles. The summed E-state index contributed by atoms with van der Waals surface area (Å²) in [6, 6.07) is 3.37. The van der Waals surface area contributed by atoms with Crippen LogP contribution in [0.5, 0.6) is 0 Å². The van der Waals surface area contributed by atoms with E-state index in [1.165, 1.54) is 6.07 Å². The summed E-state index contributed by atoms with van der Waals surface area (Å²) in [5.74, 6) is -1.28. The van der Waals surface area contributed by atoms with Crippen molar-refractivity contribution >= 4 is 45.8 Å². The Kier molecular flexibility index (Phi) is 5.62. The van der Waals surface area contributed by atoms with Crippen LogP contribution >= 0.6 is 35.0 Å². The van der Waals surface area contributed by atoms with E-state index in [0.29, 0.717) is 0 Å². The number of benzene rings is 1. The topological polar surface area (TPSA) is 12.4 Å². The molecule has 0 saturated carbocycles. The van der Waals surface area contributed by atoms with Crippen LogP contribution in [0.2, 0.25) is 5.02 Å². The van der Waals surface area contributed by atoms with Gasteiger partial charge >= 0.3 is 12.4 Å². The molecule has 0 bridgehead atoms. The van der Waals surface area contributed by atoms with Crippen LogP contribution in [0.4, 0.5) is 32.0 Å². The molecule has 0 aliphatic heterocycles. The molecule has 1 aromatic rings. The van der Waals surface area contributed by atoms with Crippen LogP contribution in [0.25, 0.3) is 0 Å². The minimum absolute atomic E-state index is 0.0803. The number of thioether (sulfide) groups is 1. The Morgan fingerprint density at radius 1 is 1.15 bits per heavy atom. The number of aliphatic imine (C=N–C) groups is 1. The summed E-state index contributed by atoms with van der Waals surface area (Å²) in [6.07, 6.45) is -9.34. The number of hydrogen-bond donors (Lipinski definition) is 0. The van der Waals surface area contributed by atoms with Crippen molar-refractivity contribution in [3.8, 4) is 0 Å². The lowest BCUT2D eigenvalue weighted by Gasteiger charge is -2.10. The van der Waals surface area contributed by atoms with E-state index in [0.717, 1.165) is 12.1 Å². The van der Waals surface area contributed by atoms with Gasteiger partial charge in [-0.15, -0.1) is 11.8 Å². The van der Waals surface area contributed by atoms with E-state index in [4.69, 9.17) is 23.2 Å². The second-order valence-corrected chi connectivity index (χ2v) is 5.23. The lowest BCUT2D eigenvalue weighted by Crippen LogP contribution is -2.16. The lowest BCUT2D eigenvalue weighted by molar-refractivity contribution is -0.105. The van der Waals surface area contributed by atoms with E-state index in [9.17, 15) is 26.3 Å². The maximum atomic E-state index is 12.2. The van der Waals surface area contributed by atoms with Gasteiger partial charge in [0.1, 0.15) is 0 Å². The van der Waals surface area contributed by atoms with Gasteiger partial charge in [-0.3, -0.25) is 0 Å². The van der Waals surface area contributed by atoms with Crippen LogP contribution < -0.4 is 0 Å². The van der Waals surface area contributed by atoms with E-state index >= 15 is 0 Å². The molecule has 0 heterocycles. The highest BCUT2D eigenvalue weighted by Gasteiger charge is 2.35. The van der Waals surface area contributed by atoms with E-state index in [-0.39, 0.29) is 27.4 Å². The van der Waals surface area contributed by atoms with Crippen LogP contribution in [-0.2, 0) is 0 Å². The Morgan fingerprint density at radius 2 is 1.75 bits per heavy atom. The van der Waals surface area contributed by atoms with Crippen LogP contribution in [0.3, 0.4) is 0 Å². The molecule has 0 fully saturated rings. The molecule has 0 atom stereocenters. The first kappa shape index (κ1) is 17.5. The molecule has 0 aliphatic rings. The lowest BCUT2D eigenvalue weighted by atomic mass is 10.3. The van der Waals surface area contributed by atoms with Crippen LogP contribution in [0.1, 0.15) is 0 Å². The fraction of sp³-hybridized carbons (Fsp3) is 0.300. The third-order valence-electron chi connectivity index (χ3n) is 1.77. The van der Waals surface area contributed by atoms with E-state index < -0.39 is 23.3 Å². The molecule has 0 radical (unpaired) electrons. The standard InChI is InChI=1S/C10H5Cl2F6NS/c11-5-1-2-6(19-8(12)10(16,17)18)7(3-5)20-4-9(13,14)15/h1-3H,4H2. The minimum atomic E-state index is -4.87. The van der Waals surface area contributed by atoms with Crippen molar-refractivity contribution in [2.45, 2.75) is 17.2 Å². The predicted molar refractivity (Wildman–Crippen MR) is 67.2 cm³/mol. The third-order valence-corrected chi connectivity index (χ3v) is 3.41. The molecule has 0 amide bonds. The van der Waals surface area contributed by atoms with Gasteiger partial charge in [0.25, 0.3) is 0 Å². The maximum Gasteiger partial charge on any atom is 0.444 e. The number of halogens is 8. The van der Waals surface area contributed by atoms with E-state index in [1.807, 2.05) is 0 Å². The van der Waals surface area contributed by atoms with Gasteiger partial charge in [-0.1, -0.05) is 23.2 Å². The van der Waals surface area contributed by atoms with Crippen molar-refractivity contribution in [1.29, 1.82) is 0 Å². The molecule has 1 aromatic carbocycles. The summed E-state index contributed by atoms with van der Waals surface area (Å²) in [7, 11) is 0. The van der Waals surface area contributed by atoms with Crippen LogP contribution in [-0.4, -0.2) is 23.3 Å². The second-order valence-electron chi connectivity index (χ2n) is 3.42. The largest absolute Gasteiger partial charge is 0.444 e. The molecule has 0 saturated heterocycles. The zero-order chi connectivity index (χ0) is 15.6. The van der Waals surface area contributed by atoms with Gasteiger partial charge in [-0.05, 0) is 18.2 Å². The van der Waals surface area contributed by atoms with Gasteiger partial charge in [-0.2, -0.15) is 26.3 Å². The van der Waals surface area contributed by atoms with E-state index in [1.54, 1.807) is 0 Å². The Bertz CT molecular complexity index is 511. The Balaban J connectivity index is 3.08. The quantitative estimate of drug-likeness (QED) is 0.377. The summed E-state index contributed by atoms with van der Waals surface area (Å²) in [4.78, 5) is 2.94. The minimum Gasteiger partial charge on any atom is -0.231 e. The molecular formula is C10H5Cl2F6NS. The fourth-order valence-corrected chi connectivity index (χ4v) is 2.14. The second kappa shape index (κ2) is 6.44. The Morgan fingerprint density at radius 3 is 2.25 bits per heavy atom. The Hall–Kier alpha value is -0.600. The molecule has 20 heavy (non-hydrogen) atoms. The van der Waals surface area contributed by atoms with Gasteiger partial charge in [0, 0.05) is 9.92 Å². The van der Waals surface area contributed by atoms with Crippen molar-refractivity contribution in [3.05, 3.63) is 23.2 Å². The monoisotopic (exact) mass is 355 g/mol. The SMILES string of the molecule is FC(F)(F)CSc1cc(Cl)ccc1N=C(Cl)C(F)(F)F. The van der Waals surface area contributed by atoms with Crippen LogP contribution in [0, 0.1) is 0 Å². The van der Waals surface area contributed by atoms with Gasteiger partial charge < -0.3 is 0 Å². The van der Waals surface area contributed by atoms with Crippen molar-refractivity contribution in [3.63, 3.8) is 0 Å². The van der Waals surface area contributed by atoms with Crippen molar-refractivity contribution in [2.75, 3.05) is 5.75 Å². The number of hydrogen-bond acceptors (Lipinski definition) is 2. The first-order valence-electron chi connectivity index (χ1n) is 4.79. The molecule has 0 spiro atoms. The molecule has 0 aromatic heterocycles. The third kappa shape index (κ3) is 5.80. The van der Waals surface area contributed by atoms with Gasteiger partial charge in [0.15, 0.2) is 0 Å². The highest BCUT2D eigenvalue weighted by molar-refractivity contribution is 7.99. The first-order chi connectivity index (χ1) is 8.99. The van der Waals surface area contributed by atoms with Gasteiger partial charge in [0.05, 0.1) is 11.4 Å². The summed E-state index contributed by atoms with van der Waals surface area (Å²) < 4.78 is 73.1. The average molecular weight is 356 g/mol. The van der Waals surface area contributed by atoms with Gasteiger partial charge in [-0.25, -0.2) is 4.99 Å². The normalized spacial score (nSPS) is 13.7. The Labute approximate surface area is 124 Å².